The van der Waals surface area contributed by atoms with Crippen LogP contribution in [0.2, 0.25) is 0 Å². The van der Waals surface area contributed by atoms with Gasteiger partial charge in [0.05, 0.1) is 26.9 Å². The predicted molar refractivity (Wildman–Crippen MR) is 119 cm³/mol. The van der Waals surface area contributed by atoms with E-state index in [9.17, 15) is 4.79 Å². The van der Waals surface area contributed by atoms with E-state index in [0.717, 1.165) is 37.6 Å². The minimum atomic E-state index is -0.215. The fourth-order valence-electron chi connectivity index (χ4n) is 3.16. The monoisotopic (exact) mass is 396 g/mol. The second kappa shape index (κ2) is 7.33. The lowest BCUT2D eigenvalue weighted by molar-refractivity contribution is -0.111. The zero-order valence-corrected chi connectivity index (χ0v) is 16.1. The average Bonchev–Trinajstić information content (AvgIpc) is 3.36. The molecule has 0 spiro atoms. The maximum Gasteiger partial charge on any atom is 0.248 e. The summed E-state index contributed by atoms with van der Waals surface area (Å²) in [4.78, 5) is 25.0. The number of imidazole rings is 1. The van der Waals surface area contributed by atoms with Crippen molar-refractivity contribution in [2.24, 2.45) is 0 Å². The van der Waals surface area contributed by atoms with Crippen LogP contribution in [0.3, 0.4) is 0 Å². The Labute approximate surface area is 170 Å². The predicted octanol–water partition coefficient (Wildman–Crippen LogP) is 5.49. The molecule has 0 radical (unpaired) electrons. The summed E-state index contributed by atoms with van der Waals surface area (Å²) in [5.74, 6) is 0.505. The van der Waals surface area contributed by atoms with Crippen molar-refractivity contribution in [1.82, 2.24) is 15.0 Å². The number of nitrogens with zero attached hydrogens (tertiary/aromatic N) is 2. The molecule has 6 heteroatoms. The van der Waals surface area contributed by atoms with E-state index in [1.54, 1.807) is 17.4 Å². The van der Waals surface area contributed by atoms with Gasteiger partial charge in [-0.25, -0.2) is 9.97 Å². The second-order valence-corrected chi connectivity index (χ2v) is 7.55. The van der Waals surface area contributed by atoms with Gasteiger partial charge in [-0.05, 0) is 42.5 Å². The van der Waals surface area contributed by atoms with Crippen molar-refractivity contribution in [3.8, 4) is 11.4 Å². The van der Waals surface area contributed by atoms with Gasteiger partial charge in [0.2, 0.25) is 5.91 Å². The van der Waals surface area contributed by atoms with E-state index in [1.807, 2.05) is 72.8 Å². The smallest absolute Gasteiger partial charge is 0.248 e. The summed E-state index contributed by atoms with van der Waals surface area (Å²) in [5, 5.41) is 3.75. The van der Waals surface area contributed by atoms with Crippen LogP contribution in [0.25, 0.3) is 38.7 Å². The van der Waals surface area contributed by atoms with E-state index in [1.165, 1.54) is 6.08 Å². The number of thiazole rings is 1. The van der Waals surface area contributed by atoms with Crippen LogP contribution in [-0.4, -0.2) is 20.9 Å². The van der Waals surface area contributed by atoms with Gasteiger partial charge >= 0.3 is 0 Å². The van der Waals surface area contributed by atoms with Crippen LogP contribution in [-0.2, 0) is 4.79 Å². The third kappa shape index (κ3) is 3.53. The van der Waals surface area contributed by atoms with Crippen molar-refractivity contribution in [3.05, 3.63) is 83.9 Å². The summed E-state index contributed by atoms with van der Waals surface area (Å²) >= 11 is 1.56. The zero-order valence-electron chi connectivity index (χ0n) is 15.3. The number of aromatic amines is 1. The molecule has 0 atom stereocenters. The molecule has 0 saturated carbocycles. The maximum atomic E-state index is 12.5. The Morgan fingerprint density at radius 3 is 2.52 bits per heavy atom. The number of benzene rings is 3. The van der Waals surface area contributed by atoms with Crippen LogP contribution in [0.15, 0.2) is 78.9 Å². The molecule has 5 nitrogen and oxygen atoms in total. The lowest BCUT2D eigenvalue weighted by Gasteiger charge is -2.07. The number of hydrogen-bond acceptors (Lipinski definition) is 4. The van der Waals surface area contributed by atoms with Crippen molar-refractivity contribution in [2.75, 3.05) is 5.32 Å². The van der Waals surface area contributed by atoms with E-state index >= 15 is 0 Å². The number of carbonyl (C=O) groups is 1. The highest BCUT2D eigenvalue weighted by Gasteiger charge is 2.11. The van der Waals surface area contributed by atoms with Crippen LogP contribution in [0.1, 0.15) is 5.01 Å². The molecule has 2 aromatic heterocycles. The molecule has 0 aliphatic carbocycles. The quantitative estimate of drug-likeness (QED) is 0.395. The number of anilines is 1. The molecule has 5 rings (SSSR count). The molecule has 0 aliphatic heterocycles. The van der Waals surface area contributed by atoms with Crippen molar-refractivity contribution in [2.45, 2.75) is 0 Å². The average molecular weight is 396 g/mol. The SMILES string of the molecule is O=C(/C=C/c1nc2ccccc2s1)Nc1ccccc1-c1nc2ccccc2[nH]1. The van der Waals surface area contributed by atoms with Gasteiger partial charge in [0.15, 0.2) is 0 Å². The highest BCUT2D eigenvalue weighted by Crippen LogP contribution is 2.28. The number of fused-ring (bicyclic) bond motifs is 2. The van der Waals surface area contributed by atoms with Gasteiger partial charge in [-0.15, -0.1) is 11.3 Å². The first-order chi connectivity index (χ1) is 14.3. The molecular weight excluding hydrogens is 380 g/mol. The van der Waals surface area contributed by atoms with Crippen LogP contribution in [0.4, 0.5) is 5.69 Å². The Kier molecular flexibility index (Phi) is 4.38. The number of para-hydroxylation sites is 4. The maximum absolute atomic E-state index is 12.5. The summed E-state index contributed by atoms with van der Waals surface area (Å²) in [5.41, 5.74) is 4.32. The number of aromatic nitrogens is 3. The van der Waals surface area contributed by atoms with Crippen LogP contribution >= 0.6 is 11.3 Å². The van der Waals surface area contributed by atoms with Gasteiger partial charge in [0, 0.05) is 11.6 Å². The Morgan fingerprint density at radius 2 is 1.66 bits per heavy atom. The Morgan fingerprint density at radius 1 is 0.897 bits per heavy atom. The fraction of sp³-hybridized carbons (Fsp3) is 0. The largest absolute Gasteiger partial charge is 0.338 e. The Hall–Kier alpha value is -3.77. The van der Waals surface area contributed by atoms with Crippen molar-refractivity contribution >= 4 is 50.3 Å². The van der Waals surface area contributed by atoms with Gasteiger partial charge in [0.25, 0.3) is 0 Å². The molecule has 2 heterocycles. The zero-order chi connectivity index (χ0) is 19.6. The molecule has 0 fully saturated rings. The highest BCUT2D eigenvalue weighted by molar-refractivity contribution is 7.19. The molecule has 0 bridgehead atoms. The number of nitrogens with one attached hydrogen (secondary N) is 2. The van der Waals surface area contributed by atoms with Crippen LogP contribution in [0.5, 0.6) is 0 Å². The lowest BCUT2D eigenvalue weighted by atomic mass is 10.1. The number of H-pyrrole nitrogens is 1. The second-order valence-electron chi connectivity index (χ2n) is 6.49. The number of hydrogen-bond donors (Lipinski definition) is 2. The number of amides is 1. The summed E-state index contributed by atoms with van der Waals surface area (Å²) < 4.78 is 1.10. The first-order valence-corrected chi connectivity index (χ1v) is 9.97. The van der Waals surface area contributed by atoms with Crippen LogP contribution in [0, 0.1) is 0 Å². The van der Waals surface area contributed by atoms with E-state index < -0.39 is 0 Å². The van der Waals surface area contributed by atoms with E-state index in [0.29, 0.717) is 5.69 Å². The third-order valence-corrected chi connectivity index (χ3v) is 5.52. The molecule has 29 heavy (non-hydrogen) atoms. The molecule has 3 aromatic carbocycles. The molecule has 0 unspecified atom stereocenters. The minimum Gasteiger partial charge on any atom is -0.338 e. The molecule has 0 aliphatic rings. The van der Waals surface area contributed by atoms with Gasteiger partial charge in [-0.1, -0.05) is 36.4 Å². The summed E-state index contributed by atoms with van der Waals surface area (Å²) in [6, 6.07) is 23.4. The van der Waals surface area contributed by atoms with Crippen molar-refractivity contribution < 1.29 is 4.79 Å². The van der Waals surface area contributed by atoms with Gasteiger partial charge in [0.1, 0.15) is 10.8 Å². The van der Waals surface area contributed by atoms with Crippen molar-refractivity contribution in [3.63, 3.8) is 0 Å². The molecule has 1 amide bonds. The Bertz CT molecular complexity index is 1300. The number of carbonyl (C=O) groups excluding carboxylic acids is 1. The Balaban J connectivity index is 1.39. The first-order valence-electron chi connectivity index (χ1n) is 9.15. The van der Waals surface area contributed by atoms with Gasteiger partial charge < -0.3 is 10.3 Å². The minimum absolute atomic E-state index is 0.215. The highest BCUT2D eigenvalue weighted by atomic mass is 32.1. The summed E-state index contributed by atoms with van der Waals surface area (Å²) in [6.07, 6.45) is 3.25. The number of rotatable bonds is 4. The third-order valence-electron chi connectivity index (χ3n) is 4.52. The summed E-state index contributed by atoms with van der Waals surface area (Å²) in [6.45, 7) is 0. The standard InChI is InChI=1S/C23H16N4OS/c28-21(13-14-22-25-19-11-5-6-12-20(19)29-22)24-16-8-2-1-7-15(16)23-26-17-9-3-4-10-18(17)27-23/h1-14H,(H,24,28)(H,26,27)/b14-13+. The van der Waals surface area contributed by atoms with Crippen molar-refractivity contribution in [1.29, 1.82) is 0 Å². The fourth-order valence-corrected chi connectivity index (χ4v) is 4.03. The molecule has 5 aromatic rings. The summed E-state index contributed by atoms with van der Waals surface area (Å²) in [7, 11) is 0. The van der Waals surface area contributed by atoms with E-state index in [2.05, 4.69) is 20.3 Å². The van der Waals surface area contributed by atoms with E-state index in [4.69, 9.17) is 0 Å². The first kappa shape index (κ1) is 17.3. The molecule has 0 saturated heterocycles. The molecular formula is C23H16N4OS. The van der Waals surface area contributed by atoms with Crippen LogP contribution < -0.4 is 5.32 Å². The normalized spacial score (nSPS) is 11.4. The van der Waals surface area contributed by atoms with Gasteiger partial charge in [-0.2, -0.15) is 0 Å². The lowest BCUT2D eigenvalue weighted by Crippen LogP contribution is -2.08. The topological polar surface area (TPSA) is 70.7 Å². The molecule has 140 valence electrons. The van der Waals surface area contributed by atoms with Gasteiger partial charge in [-0.3, -0.25) is 4.79 Å². The molecule has 2 N–H and O–H groups in total. The van der Waals surface area contributed by atoms with E-state index in [-0.39, 0.29) is 5.91 Å².